The maximum atomic E-state index is 13.5. The number of para-hydroxylation sites is 1. The van der Waals surface area contributed by atoms with Crippen LogP contribution in [-0.4, -0.2) is 33.1 Å². The van der Waals surface area contributed by atoms with Crippen molar-refractivity contribution in [1.29, 1.82) is 0 Å². The molecule has 32 heavy (non-hydrogen) atoms. The first-order valence-electron chi connectivity index (χ1n) is 9.89. The molecule has 3 aromatic rings. The van der Waals surface area contributed by atoms with Gasteiger partial charge in [-0.25, -0.2) is 4.90 Å². The molecule has 7 heteroatoms. The van der Waals surface area contributed by atoms with E-state index in [1.165, 1.54) is 14.2 Å². The van der Waals surface area contributed by atoms with Gasteiger partial charge in [-0.3, -0.25) is 9.59 Å². The predicted molar refractivity (Wildman–Crippen MR) is 122 cm³/mol. The average molecular weight is 430 g/mol. The number of imide groups is 1. The zero-order chi connectivity index (χ0) is 22.7. The Balaban J connectivity index is 1.82. The van der Waals surface area contributed by atoms with E-state index in [1.54, 1.807) is 73.8 Å². The molecule has 1 heterocycles. The van der Waals surface area contributed by atoms with E-state index in [9.17, 15) is 9.59 Å². The van der Waals surface area contributed by atoms with Crippen LogP contribution in [0.2, 0.25) is 0 Å². The number of hydrogen-bond acceptors (Lipinski definition) is 6. The molecule has 1 aliphatic rings. The highest BCUT2D eigenvalue weighted by atomic mass is 16.5. The van der Waals surface area contributed by atoms with Crippen molar-refractivity contribution in [3.05, 3.63) is 84.1 Å². The van der Waals surface area contributed by atoms with Crippen LogP contribution in [0.15, 0.2) is 78.5 Å². The lowest BCUT2D eigenvalue weighted by atomic mass is 10.0. The molecule has 1 aliphatic heterocycles. The third-order valence-electron chi connectivity index (χ3n) is 5.13. The first-order chi connectivity index (χ1) is 15.6. The van der Waals surface area contributed by atoms with E-state index in [-0.39, 0.29) is 11.3 Å². The fourth-order valence-electron chi connectivity index (χ4n) is 3.54. The zero-order valence-electron chi connectivity index (χ0n) is 17.9. The lowest BCUT2D eigenvalue weighted by Gasteiger charge is -2.15. The second kappa shape index (κ2) is 8.85. The van der Waals surface area contributed by atoms with E-state index < -0.39 is 11.8 Å². The molecule has 0 bridgehead atoms. The molecule has 0 spiro atoms. The normalized spacial score (nSPS) is 13.4. The van der Waals surface area contributed by atoms with E-state index >= 15 is 0 Å². The van der Waals surface area contributed by atoms with Gasteiger partial charge in [0.25, 0.3) is 11.8 Å². The molecule has 0 aromatic heterocycles. The topological polar surface area (TPSA) is 77.1 Å². The highest BCUT2D eigenvalue weighted by Gasteiger charge is 2.40. The minimum Gasteiger partial charge on any atom is -0.497 e. The van der Waals surface area contributed by atoms with Gasteiger partial charge in [0, 0.05) is 5.69 Å². The number of carbonyl (C=O) groups excluding carboxylic acids is 2. The van der Waals surface area contributed by atoms with Crippen LogP contribution >= 0.6 is 0 Å². The largest absolute Gasteiger partial charge is 0.497 e. The molecular weight excluding hydrogens is 408 g/mol. The second-order valence-corrected chi connectivity index (χ2v) is 6.95. The van der Waals surface area contributed by atoms with Crippen LogP contribution in [0.4, 0.5) is 11.4 Å². The minimum absolute atomic E-state index is 0.177. The molecule has 0 saturated carbocycles. The van der Waals surface area contributed by atoms with E-state index in [1.807, 2.05) is 6.07 Å². The number of hydrogen-bond donors (Lipinski definition) is 1. The van der Waals surface area contributed by atoms with Gasteiger partial charge in [0.05, 0.1) is 32.6 Å². The predicted octanol–water partition coefficient (Wildman–Crippen LogP) is 4.11. The van der Waals surface area contributed by atoms with Crippen LogP contribution in [0.5, 0.6) is 17.2 Å². The monoisotopic (exact) mass is 430 g/mol. The molecule has 7 nitrogen and oxygen atoms in total. The Morgan fingerprint density at radius 3 is 2.03 bits per heavy atom. The van der Waals surface area contributed by atoms with Crippen molar-refractivity contribution in [2.24, 2.45) is 0 Å². The number of methoxy groups -OCH3 is 3. The van der Waals surface area contributed by atoms with E-state index in [2.05, 4.69) is 5.32 Å². The number of nitrogens with one attached hydrogen (secondary N) is 1. The molecule has 0 radical (unpaired) electrons. The summed E-state index contributed by atoms with van der Waals surface area (Å²) in [6.45, 7) is 0. The Labute approximate surface area is 185 Å². The molecule has 162 valence electrons. The van der Waals surface area contributed by atoms with Gasteiger partial charge in [-0.2, -0.15) is 0 Å². The number of carbonyl (C=O) groups is 2. The summed E-state index contributed by atoms with van der Waals surface area (Å²) >= 11 is 0. The Morgan fingerprint density at radius 1 is 0.719 bits per heavy atom. The second-order valence-electron chi connectivity index (χ2n) is 6.95. The molecule has 3 aromatic carbocycles. The molecule has 1 N–H and O–H groups in total. The SMILES string of the molecule is COc1ccc(NC2=C(c3ccc(OC)c(OC)c3)C(=O)N(c3ccccc3)C2=O)cc1. The smallest absolute Gasteiger partial charge is 0.282 e. The molecule has 0 saturated heterocycles. The highest BCUT2D eigenvalue weighted by molar-refractivity contribution is 6.46. The van der Waals surface area contributed by atoms with Gasteiger partial charge in [-0.05, 0) is 54.1 Å². The number of ether oxygens (including phenoxy) is 3. The maximum absolute atomic E-state index is 13.5. The summed E-state index contributed by atoms with van der Waals surface area (Å²) in [5.41, 5.74) is 2.10. The summed E-state index contributed by atoms with van der Waals surface area (Å²) in [7, 11) is 4.64. The molecular formula is C25H22N2O5. The summed E-state index contributed by atoms with van der Waals surface area (Å²) in [6.07, 6.45) is 0. The maximum Gasteiger partial charge on any atom is 0.282 e. The quantitative estimate of drug-likeness (QED) is 0.569. The van der Waals surface area contributed by atoms with Gasteiger partial charge in [0.15, 0.2) is 11.5 Å². The van der Waals surface area contributed by atoms with Gasteiger partial charge in [0.2, 0.25) is 0 Å². The standard InChI is InChI=1S/C25H22N2O5/c1-30-19-12-10-17(11-13-19)26-23-22(16-9-14-20(31-2)21(15-16)32-3)24(28)27(25(23)29)18-7-5-4-6-8-18/h4-15,26H,1-3H3. The lowest BCUT2D eigenvalue weighted by molar-refractivity contribution is -0.120. The van der Waals surface area contributed by atoms with Crippen LogP contribution in [-0.2, 0) is 9.59 Å². The Morgan fingerprint density at radius 2 is 1.41 bits per heavy atom. The first-order valence-corrected chi connectivity index (χ1v) is 9.89. The lowest BCUT2D eigenvalue weighted by Crippen LogP contribution is -2.32. The van der Waals surface area contributed by atoms with Crippen LogP contribution in [0.1, 0.15) is 5.56 Å². The Hall–Kier alpha value is -4.26. The number of nitrogens with zero attached hydrogens (tertiary/aromatic N) is 1. The highest BCUT2D eigenvalue weighted by Crippen LogP contribution is 2.37. The third-order valence-corrected chi connectivity index (χ3v) is 5.13. The van der Waals surface area contributed by atoms with Crippen LogP contribution < -0.4 is 24.4 Å². The van der Waals surface area contributed by atoms with Crippen LogP contribution in [0.3, 0.4) is 0 Å². The van der Waals surface area contributed by atoms with Crippen LogP contribution in [0.25, 0.3) is 5.57 Å². The summed E-state index contributed by atoms with van der Waals surface area (Å²) in [5, 5.41) is 3.13. The molecule has 0 unspecified atom stereocenters. The van der Waals surface area contributed by atoms with Gasteiger partial charge in [-0.15, -0.1) is 0 Å². The molecule has 0 atom stereocenters. The Kier molecular flexibility index (Phi) is 5.81. The first kappa shape index (κ1) is 21.0. The molecule has 0 fully saturated rings. The zero-order valence-corrected chi connectivity index (χ0v) is 17.9. The van der Waals surface area contributed by atoms with Crippen molar-refractivity contribution in [2.75, 3.05) is 31.5 Å². The van der Waals surface area contributed by atoms with Gasteiger partial charge in [-0.1, -0.05) is 24.3 Å². The fourth-order valence-corrected chi connectivity index (χ4v) is 3.54. The average Bonchev–Trinajstić information content (AvgIpc) is 3.08. The summed E-state index contributed by atoms with van der Waals surface area (Å²) < 4.78 is 15.9. The van der Waals surface area contributed by atoms with Gasteiger partial charge in [0.1, 0.15) is 11.4 Å². The summed E-state index contributed by atoms with van der Waals surface area (Å²) in [6, 6.07) is 21.0. The van der Waals surface area contributed by atoms with Crippen molar-refractivity contribution in [2.45, 2.75) is 0 Å². The minimum atomic E-state index is -0.443. The molecule has 4 rings (SSSR count). The third kappa shape index (κ3) is 3.76. The number of rotatable bonds is 7. The van der Waals surface area contributed by atoms with E-state index in [4.69, 9.17) is 14.2 Å². The van der Waals surface area contributed by atoms with Crippen molar-refractivity contribution < 1.29 is 23.8 Å². The van der Waals surface area contributed by atoms with E-state index in [0.29, 0.717) is 34.2 Å². The van der Waals surface area contributed by atoms with Gasteiger partial charge >= 0.3 is 0 Å². The van der Waals surface area contributed by atoms with Gasteiger partial charge < -0.3 is 19.5 Å². The van der Waals surface area contributed by atoms with Crippen LogP contribution in [0, 0.1) is 0 Å². The molecule has 0 aliphatic carbocycles. The Bertz CT molecular complexity index is 1190. The fraction of sp³-hybridized carbons (Fsp3) is 0.120. The summed E-state index contributed by atoms with van der Waals surface area (Å²) in [5.74, 6) is 0.800. The number of anilines is 2. The number of benzene rings is 3. The van der Waals surface area contributed by atoms with E-state index in [0.717, 1.165) is 4.90 Å². The van der Waals surface area contributed by atoms with Crippen molar-refractivity contribution in [1.82, 2.24) is 0 Å². The van der Waals surface area contributed by atoms with Crippen molar-refractivity contribution in [3.8, 4) is 17.2 Å². The van der Waals surface area contributed by atoms with Crippen molar-refractivity contribution >= 4 is 28.8 Å². The summed E-state index contributed by atoms with van der Waals surface area (Å²) in [4.78, 5) is 28.1. The molecule has 2 amide bonds. The number of amides is 2. The van der Waals surface area contributed by atoms with Crippen molar-refractivity contribution in [3.63, 3.8) is 0 Å².